The maximum Gasteiger partial charge on any atom is 0.508 e. The van der Waals surface area contributed by atoms with Crippen molar-refractivity contribution in [3.8, 4) is 0 Å². The lowest BCUT2D eigenvalue weighted by atomic mass is 10.1. The Morgan fingerprint density at radius 3 is 1.53 bits per heavy atom. The van der Waals surface area contributed by atoms with E-state index in [0.717, 1.165) is 58.0 Å². The van der Waals surface area contributed by atoms with Crippen LogP contribution in [0.5, 0.6) is 0 Å². The highest BCUT2D eigenvalue weighted by Gasteiger charge is 2.57. The Kier molecular flexibility index (Phi) is 33.4. The molecule has 1 unspecified atom stereocenters. The molecule has 0 aromatic heterocycles. The smallest absolute Gasteiger partial charge is 0.465 e. The molecule has 0 spiro atoms. The van der Waals surface area contributed by atoms with Crippen LogP contribution in [-0.4, -0.2) is 113 Å². The summed E-state index contributed by atoms with van der Waals surface area (Å²) in [6, 6.07) is 0. The van der Waals surface area contributed by atoms with Gasteiger partial charge in [0.1, 0.15) is 19.8 Å². The number of nitrogens with zero attached hydrogens (tertiary/aromatic N) is 1. The number of rotatable bonds is 39. The number of unbranched alkanes of at least 4 members (excludes halogenated alkanes) is 8. The summed E-state index contributed by atoms with van der Waals surface area (Å²) >= 11 is 0. The van der Waals surface area contributed by atoms with E-state index in [0.29, 0.717) is 19.4 Å². The number of carbonyl (C=O) groups is 3. The highest BCUT2D eigenvalue weighted by Crippen LogP contribution is 2.40. The predicted molar refractivity (Wildman–Crippen MR) is 220 cm³/mol. The van der Waals surface area contributed by atoms with E-state index >= 15 is 0 Å². The SMILES string of the molecule is CCCCC/C=C\C/C=C\CCCCCCCC(=O)OCC(COC(=O)CCC(OCCCC(F)(F)C(F)(F)F)OCCCC(F)(F)C(F)(F)F)COC(=O)OCCCN(CC)CC. The van der Waals surface area contributed by atoms with E-state index in [9.17, 15) is 58.3 Å². The number of hydrogen-bond donors (Lipinski definition) is 0. The van der Waals surface area contributed by atoms with Gasteiger partial charge in [-0.15, -0.1) is 0 Å². The van der Waals surface area contributed by atoms with Crippen LogP contribution < -0.4 is 0 Å². The highest BCUT2D eigenvalue weighted by molar-refractivity contribution is 5.69. The summed E-state index contributed by atoms with van der Waals surface area (Å²) in [7, 11) is 0. The van der Waals surface area contributed by atoms with Crippen molar-refractivity contribution in [2.24, 2.45) is 5.92 Å². The van der Waals surface area contributed by atoms with E-state index in [2.05, 4.69) is 36.1 Å². The fourth-order valence-corrected chi connectivity index (χ4v) is 5.75. The molecule has 376 valence electrons. The lowest BCUT2D eigenvalue weighted by molar-refractivity contribution is -0.286. The fraction of sp³-hybridized carbons (Fsp3) is 0.841. The number of halogens is 10. The van der Waals surface area contributed by atoms with Gasteiger partial charge < -0.3 is 33.3 Å². The molecule has 0 fully saturated rings. The van der Waals surface area contributed by atoms with E-state index in [4.69, 9.17) is 28.4 Å². The second-order valence-electron chi connectivity index (χ2n) is 15.3. The molecule has 0 rings (SSSR count). The first kappa shape index (κ1) is 60.9. The maximum absolute atomic E-state index is 13.3. The molecule has 0 aliphatic carbocycles. The zero-order valence-electron chi connectivity index (χ0n) is 37.7. The molecule has 0 N–H and O–H groups in total. The van der Waals surface area contributed by atoms with Crippen molar-refractivity contribution in [2.75, 3.05) is 59.3 Å². The lowest BCUT2D eigenvalue weighted by Gasteiger charge is -2.22. The Balaban J connectivity index is 5.15. The van der Waals surface area contributed by atoms with Gasteiger partial charge >= 0.3 is 42.3 Å². The van der Waals surface area contributed by atoms with E-state index < -0.39 is 113 Å². The number of carbonyl (C=O) groups excluding carboxylic acids is 3. The third-order valence-corrected chi connectivity index (χ3v) is 9.75. The first-order valence-corrected chi connectivity index (χ1v) is 22.4. The van der Waals surface area contributed by atoms with Gasteiger partial charge in [-0.1, -0.05) is 77.2 Å². The van der Waals surface area contributed by atoms with Gasteiger partial charge in [0.25, 0.3) is 0 Å². The van der Waals surface area contributed by atoms with Crippen LogP contribution in [0.3, 0.4) is 0 Å². The third kappa shape index (κ3) is 31.7. The Bertz CT molecular complexity index is 1250. The minimum Gasteiger partial charge on any atom is -0.465 e. The third-order valence-electron chi connectivity index (χ3n) is 9.75. The number of ether oxygens (including phenoxy) is 6. The van der Waals surface area contributed by atoms with Gasteiger partial charge in [-0.05, 0) is 70.9 Å². The zero-order chi connectivity index (χ0) is 48.3. The van der Waals surface area contributed by atoms with Gasteiger partial charge in [-0.25, -0.2) is 4.79 Å². The normalized spacial score (nSPS) is 13.4. The van der Waals surface area contributed by atoms with Crippen molar-refractivity contribution in [3.05, 3.63) is 24.3 Å². The summed E-state index contributed by atoms with van der Waals surface area (Å²) in [6.45, 7) is 5.85. The molecule has 0 saturated heterocycles. The summed E-state index contributed by atoms with van der Waals surface area (Å²) in [5, 5.41) is 0. The standard InChI is InChI=1S/C44H71F10NO9/c1-4-7-8-9-10-11-12-13-14-15-16-17-18-19-20-24-37(56)62-33-36(35-64-40(58)61-32-23-29-55(5-2)6-3)34-63-38(57)25-26-39(59-30-21-27-41(45,46)43(49,50)51)60-31-22-28-42(47,48)44(52,53)54/h10-11,13-14,36,39H,4-9,12,15-35H2,1-3H3/b11-10-,14-13-. The largest absolute Gasteiger partial charge is 0.508 e. The quantitative estimate of drug-likeness (QED) is 0.0148. The topological polar surface area (TPSA) is 110 Å². The Hall–Kier alpha value is -3.13. The molecule has 0 aliphatic heterocycles. The van der Waals surface area contributed by atoms with E-state index in [1.807, 2.05) is 13.8 Å². The fourth-order valence-electron chi connectivity index (χ4n) is 5.75. The van der Waals surface area contributed by atoms with Gasteiger partial charge in [0.05, 0.1) is 18.9 Å². The first-order chi connectivity index (χ1) is 30.2. The van der Waals surface area contributed by atoms with Crippen molar-refractivity contribution in [1.82, 2.24) is 4.90 Å². The van der Waals surface area contributed by atoms with Crippen molar-refractivity contribution in [3.63, 3.8) is 0 Å². The van der Waals surface area contributed by atoms with E-state index in [1.165, 1.54) is 19.3 Å². The second-order valence-corrected chi connectivity index (χ2v) is 15.3. The van der Waals surface area contributed by atoms with Crippen molar-refractivity contribution in [2.45, 2.75) is 173 Å². The average molecular weight is 948 g/mol. The van der Waals surface area contributed by atoms with Crippen LogP contribution in [0.2, 0.25) is 0 Å². The Morgan fingerprint density at radius 1 is 0.531 bits per heavy atom. The second kappa shape index (κ2) is 35.1. The molecular weight excluding hydrogens is 876 g/mol. The van der Waals surface area contributed by atoms with Crippen LogP contribution >= 0.6 is 0 Å². The molecular formula is C44H71F10NO9. The molecule has 0 radical (unpaired) electrons. The van der Waals surface area contributed by atoms with Gasteiger partial charge in [-0.3, -0.25) is 9.59 Å². The van der Waals surface area contributed by atoms with Crippen LogP contribution in [0.25, 0.3) is 0 Å². The van der Waals surface area contributed by atoms with E-state index in [-0.39, 0.29) is 26.2 Å². The summed E-state index contributed by atoms with van der Waals surface area (Å²) in [6.07, 6.45) is 0.0818. The molecule has 0 heterocycles. The van der Waals surface area contributed by atoms with Crippen LogP contribution in [0.1, 0.15) is 143 Å². The minimum absolute atomic E-state index is 0.0678. The first-order valence-electron chi connectivity index (χ1n) is 22.4. The van der Waals surface area contributed by atoms with Crippen LogP contribution in [0.4, 0.5) is 48.7 Å². The van der Waals surface area contributed by atoms with Gasteiger partial charge in [0.2, 0.25) is 0 Å². The zero-order valence-corrected chi connectivity index (χ0v) is 37.7. The molecule has 0 aromatic carbocycles. The van der Waals surface area contributed by atoms with Crippen molar-refractivity contribution < 1.29 is 86.7 Å². The van der Waals surface area contributed by atoms with Crippen LogP contribution in [0, 0.1) is 5.92 Å². The molecule has 0 aliphatic rings. The Labute approximate surface area is 372 Å². The molecule has 20 heteroatoms. The molecule has 10 nitrogen and oxygen atoms in total. The minimum atomic E-state index is -5.83. The monoisotopic (exact) mass is 947 g/mol. The van der Waals surface area contributed by atoms with Crippen molar-refractivity contribution >= 4 is 18.1 Å². The highest BCUT2D eigenvalue weighted by atomic mass is 19.4. The number of allylic oxidation sites excluding steroid dienone is 4. The molecule has 0 bridgehead atoms. The predicted octanol–water partition coefficient (Wildman–Crippen LogP) is 12.5. The van der Waals surface area contributed by atoms with Gasteiger partial charge in [0, 0.05) is 45.4 Å². The lowest BCUT2D eigenvalue weighted by Crippen LogP contribution is -2.36. The summed E-state index contributed by atoms with van der Waals surface area (Å²) in [4.78, 5) is 39.6. The van der Waals surface area contributed by atoms with Crippen LogP contribution in [0.15, 0.2) is 24.3 Å². The van der Waals surface area contributed by atoms with Gasteiger partial charge in [-0.2, -0.15) is 43.9 Å². The number of esters is 2. The Morgan fingerprint density at radius 2 is 1.02 bits per heavy atom. The van der Waals surface area contributed by atoms with Crippen molar-refractivity contribution in [1.29, 1.82) is 0 Å². The average Bonchev–Trinajstić information content (AvgIpc) is 3.22. The summed E-state index contributed by atoms with van der Waals surface area (Å²) in [5.74, 6) is -12.4. The molecule has 0 aromatic rings. The van der Waals surface area contributed by atoms with Crippen LogP contribution in [-0.2, 0) is 38.0 Å². The molecule has 0 saturated carbocycles. The molecule has 64 heavy (non-hydrogen) atoms. The number of alkyl halides is 10. The number of hydrogen-bond acceptors (Lipinski definition) is 10. The molecule has 1 atom stereocenters. The van der Waals surface area contributed by atoms with E-state index in [1.54, 1.807) is 0 Å². The van der Waals surface area contributed by atoms with Gasteiger partial charge in [0.15, 0.2) is 6.29 Å². The maximum atomic E-state index is 13.3. The summed E-state index contributed by atoms with van der Waals surface area (Å²) in [5.41, 5.74) is 0. The summed E-state index contributed by atoms with van der Waals surface area (Å²) < 4.78 is 160. The molecule has 0 amide bonds.